The number of ether oxygens (including phenoxy) is 1. The van der Waals surface area contributed by atoms with Crippen molar-refractivity contribution >= 4 is 5.97 Å². The van der Waals surface area contributed by atoms with Gasteiger partial charge in [0.25, 0.3) is 0 Å². The summed E-state index contributed by atoms with van der Waals surface area (Å²) in [6.45, 7) is 12.6. The molecule has 0 saturated heterocycles. The van der Waals surface area contributed by atoms with E-state index in [0.29, 0.717) is 17.3 Å². The van der Waals surface area contributed by atoms with Gasteiger partial charge in [-0.1, -0.05) is 97.6 Å². The van der Waals surface area contributed by atoms with E-state index in [0.717, 1.165) is 60.7 Å². The fraction of sp³-hybridized carbons (Fsp3) is 0.917. The minimum absolute atomic E-state index is 0.0754. The van der Waals surface area contributed by atoms with Crippen molar-refractivity contribution < 1.29 is 9.53 Å². The highest BCUT2D eigenvalue weighted by atomic mass is 16.5. The molecule has 0 aromatic carbocycles. The first kappa shape index (κ1) is 28.7. The Bertz CT molecular complexity index is 836. The summed E-state index contributed by atoms with van der Waals surface area (Å²) in [5, 5.41) is 0. The molecule has 0 unspecified atom stereocenters. The third-order valence-electron chi connectivity index (χ3n) is 13.0. The van der Waals surface area contributed by atoms with Crippen molar-refractivity contribution in [3.8, 4) is 0 Å². The van der Waals surface area contributed by atoms with E-state index in [-0.39, 0.29) is 12.1 Å². The molecular formula is C36H60O2. The second kappa shape index (κ2) is 12.0. The molecule has 0 heterocycles. The largest absolute Gasteiger partial charge is 0.462 e. The van der Waals surface area contributed by atoms with Crippen LogP contribution < -0.4 is 0 Å². The molecule has 4 fully saturated rings. The molecule has 0 amide bonds. The zero-order valence-electron chi connectivity index (χ0n) is 25.7. The van der Waals surface area contributed by atoms with Crippen LogP contribution in [0.3, 0.4) is 0 Å². The number of hydrogen-bond donors (Lipinski definition) is 0. The lowest BCUT2D eigenvalue weighted by atomic mass is 9.47. The summed E-state index contributed by atoms with van der Waals surface area (Å²) in [7, 11) is 0. The highest BCUT2D eigenvalue weighted by Gasteiger charge is 2.59. The van der Waals surface area contributed by atoms with Crippen LogP contribution in [0.25, 0.3) is 0 Å². The molecule has 2 heteroatoms. The van der Waals surface area contributed by atoms with Crippen molar-refractivity contribution in [1.29, 1.82) is 0 Å². The number of carbonyl (C=O) groups excluding carboxylic acids is 1. The van der Waals surface area contributed by atoms with Crippen molar-refractivity contribution in [1.82, 2.24) is 0 Å². The van der Waals surface area contributed by atoms with Gasteiger partial charge in [-0.05, 0) is 104 Å². The van der Waals surface area contributed by atoms with Gasteiger partial charge in [-0.25, -0.2) is 0 Å². The molecule has 0 radical (unpaired) electrons. The standard InChI is InChI=1S/C36H60O2/c1-25(2)10-9-11-26(3)31-17-18-32-30-16-15-28-24-29(38-34(37)19-14-27-12-7-6-8-13-27)20-22-35(28,4)33(30)21-23-36(31,32)5/h15,25-27,29-33H,6-14,16-24H2,1-5H3/t26-,29+,30-,31+,32-,33-,35-,36+/m0/s1. The number of carbonyl (C=O) groups is 1. The molecule has 0 N–H and O–H groups in total. The maximum atomic E-state index is 12.7. The first-order valence-corrected chi connectivity index (χ1v) is 17.1. The van der Waals surface area contributed by atoms with Crippen LogP contribution in [-0.4, -0.2) is 12.1 Å². The average molecular weight is 525 g/mol. The molecule has 0 aromatic heterocycles. The minimum Gasteiger partial charge on any atom is -0.462 e. The fourth-order valence-corrected chi connectivity index (χ4v) is 10.8. The van der Waals surface area contributed by atoms with Gasteiger partial charge in [0.15, 0.2) is 0 Å². The van der Waals surface area contributed by atoms with E-state index >= 15 is 0 Å². The molecule has 0 aromatic rings. The second-order valence-electron chi connectivity index (χ2n) is 15.7. The van der Waals surface area contributed by atoms with Crippen molar-refractivity contribution in [2.24, 2.45) is 52.3 Å². The van der Waals surface area contributed by atoms with E-state index in [9.17, 15) is 4.79 Å². The highest BCUT2D eigenvalue weighted by molar-refractivity contribution is 5.69. The van der Waals surface area contributed by atoms with Gasteiger partial charge in [-0.2, -0.15) is 0 Å². The molecular weight excluding hydrogens is 464 g/mol. The predicted octanol–water partition coefficient (Wildman–Crippen LogP) is 10.3. The van der Waals surface area contributed by atoms with E-state index < -0.39 is 0 Å². The lowest BCUT2D eigenvalue weighted by molar-refractivity contribution is -0.152. The van der Waals surface area contributed by atoms with Crippen molar-refractivity contribution in [3.05, 3.63) is 11.6 Å². The van der Waals surface area contributed by atoms with Crippen molar-refractivity contribution in [2.45, 2.75) is 156 Å². The van der Waals surface area contributed by atoms with Gasteiger partial charge < -0.3 is 4.74 Å². The number of fused-ring (bicyclic) bond motifs is 5. The zero-order chi connectivity index (χ0) is 26.9. The van der Waals surface area contributed by atoms with Crippen LogP contribution in [-0.2, 0) is 9.53 Å². The zero-order valence-corrected chi connectivity index (χ0v) is 25.7. The molecule has 5 rings (SSSR count). The van der Waals surface area contributed by atoms with Crippen LogP contribution in [0.4, 0.5) is 0 Å². The van der Waals surface area contributed by atoms with E-state index in [1.165, 1.54) is 89.9 Å². The summed E-state index contributed by atoms with van der Waals surface area (Å²) in [6, 6.07) is 0. The third kappa shape index (κ3) is 5.81. The Hall–Kier alpha value is -0.790. The first-order valence-electron chi connectivity index (χ1n) is 17.1. The maximum Gasteiger partial charge on any atom is 0.306 e. The fourth-order valence-electron chi connectivity index (χ4n) is 10.8. The number of rotatable bonds is 9. The van der Waals surface area contributed by atoms with Gasteiger partial charge in [0.1, 0.15) is 6.10 Å². The predicted molar refractivity (Wildman–Crippen MR) is 159 cm³/mol. The Labute approximate surface area is 235 Å². The average Bonchev–Trinajstić information content (AvgIpc) is 3.25. The number of esters is 1. The summed E-state index contributed by atoms with van der Waals surface area (Å²) in [5.74, 6) is 6.14. The lowest BCUT2D eigenvalue weighted by Crippen LogP contribution is -2.51. The third-order valence-corrected chi connectivity index (χ3v) is 13.0. The van der Waals surface area contributed by atoms with Gasteiger partial charge in [-0.15, -0.1) is 0 Å². The lowest BCUT2D eigenvalue weighted by Gasteiger charge is -2.58. The Morgan fingerprint density at radius 1 is 0.947 bits per heavy atom. The van der Waals surface area contributed by atoms with Gasteiger partial charge >= 0.3 is 5.97 Å². The second-order valence-corrected chi connectivity index (χ2v) is 15.7. The SMILES string of the molecule is CC(C)CCC[C@H](C)[C@H]1CC[C@H]2[C@@H]3CC=C4C[C@H](OC(=O)CCC5CCCCC5)CC[C@]4(C)[C@H]3CC[C@]12C. The number of allylic oxidation sites excluding steroid dienone is 1. The van der Waals surface area contributed by atoms with Crippen LogP contribution in [0.2, 0.25) is 0 Å². The number of hydrogen-bond acceptors (Lipinski definition) is 2. The Morgan fingerprint density at radius 3 is 2.50 bits per heavy atom. The summed E-state index contributed by atoms with van der Waals surface area (Å²) < 4.78 is 6.11. The Morgan fingerprint density at radius 2 is 1.74 bits per heavy atom. The van der Waals surface area contributed by atoms with Gasteiger partial charge in [0.2, 0.25) is 0 Å². The van der Waals surface area contributed by atoms with Crippen LogP contribution in [0.1, 0.15) is 150 Å². The topological polar surface area (TPSA) is 26.3 Å². The van der Waals surface area contributed by atoms with Crippen LogP contribution in [0.15, 0.2) is 11.6 Å². The van der Waals surface area contributed by atoms with E-state index in [1.54, 1.807) is 5.57 Å². The molecule has 8 atom stereocenters. The van der Waals surface area contributed by atoms with Gasteiger partial charge in [-0.3, -0.25) is 4.79 Å². The summed E-state index contributed by atoms with van der Waals surface area (Å²) in [4.78, 5) is 12.7. The van der Waals surface area contributed by atoms with Gasteiger partial charge in [0, 0.05) is 12.8 Å². The first-order chi connectivity index (χ1) is 18.2. The Kier molecular flexibility index (Phi) is 9.06. The minimum atomic E-state index is 0.0754. The van der Waals surface area contributed by atoms with E-state index in [4.69, 9.17) is 4.74 Å². The highest BCUT2D eigenvalue weighted by Crippen LogP contribution is 2.67. The van der Waals surface area contributed by atoms with E-state index in [1.807, 2.05) is 0 Å². The van der Waals surface area contributed by atoms with Crippen LogP contribution in [0, 0.1) is 52.3 Å². The monoisotopic (exact) mass is 524 g/mol. The van der Waals surface area contributed by atoms with Gasteiger partial charge in [0.05, 0.1) is 0 Å². The maximum absolute atomic E-state index is 12.7. The molecule has 2 nitrogen and oxygen atoms in total. The molecule has 0 aliphatic heterocycles. The summed E-state index contributed by atoms with van der Waals surface area (Å²) >= 11 is 0. The summed E-state index contributed by atoms with van der Waals surface area (Å²) in [6.07, 6.45) is 25.8. The molecule has 0 bridgehead atoms. The molecule has 216 valence electrons. The van der Waals surface area contributed by atoms with Crippen LogP contribution in [0.5, 0.6) is 0 Å². The molecule has 5 aliphatic carbocycles. The van der Waals surface area contributed by atoms with E-state index in [2.05, 4.69) is 40.7 Å². The van der Waals surface area contributed by atoms with Crippen molar-refractivity contribution in [3.63, 3.8) is 0 Å². The molecule has 0 spiro atoms. The van der Waals surface area contributed by atoms with Crippen molar-refractivity contribution in [2.75, 3.05) is 0 Å². The summed E-state index contributed by atoms with van der Waals surface area (Å²) in [5.41, 5.74) is 2.55. The molecule has 38 heavy (non-hydrogen) atoms. The molecule has 4 saturated carbocycles. The normalized spacial score (nSPS) is 40.2. The smallest absolute Gasteiger partial charge is 0.306 e. The van der Waals surface area contributed by atoms with Crippen LogP contribution >= 0.6 is 0 Å². The Balaban J connectivity index is 1.17. The quantitative estimate of drug-likeness (QED) is 0.221. The molecule has 5 aliphatic rings.